The highest BCUT2D eigenvalue weighted by molar-refractivity contribution is 7.89. The number of nitrogens with zero attached hydrogens (tertiary/aromatic N) is 1. The van der Waals surface area contributed by atoms with Gasteiger partial charge in [0, 0.05) is 18.3 Å². The molecule has 1 N–H and O–H groups in total. The van der Waals surface area contributed by atoms with Gasteiger partial charge in [0.05, 0.1) is 12.0 Å². The first-order valence-corrected chi connectivity index (χ1v) is 8.90. The third kappa shape index (κ3) is 3.59. The molecule has 1 heterocycles. The summed E-state index contributed by atoms with van der Waals surface area (Å²) in [5.41, 5.74) is 0.497. The Bertz CT molecular complexity index is 613. The molecule has 22 heavy (non-hydrogen) atoms. The molecule has 1 fully saturated rings. The van der Waals surface area contributed by atoms with E-state index in [1.807, 2.05) is 6.92 Å². The number of sulfonamides is 1. The van der Waals surface area contributed by atoms with Crippen LogP contribution in [0.4, 0.5) is 10.5 Å². The summed E-state index contributed by atoms with van der Waals surface area (Å²) >= 11 is 0. The van der Waals surface area contributed by atoms with Crippen LogP contribution in [0.2, 0.25) is 0 Å². The van der Waals surface area contributed by atoms with Gasteiger partial charge in [-0.25, -0.2) is 13.2 Å². The van der Waals surface area contributed by atoms with Crippen molar-refractivity contribution in [2.45, 2.75) is 43.5 Å². The number of piperidine rings is 1. The molecule has 0 aromatic heterocycles. The molecule has 1 amide bonds. The molecule has 0 spiro atoms. The summed E-state index contributed by atoms with van der Waals surface area (Å²) in [5, 5.41) is 2.50. The fourth-order valence-corrected chi connectivity index (χ4v) is 4.48. The van der Waals surface area contributed by atoms with Gasteiger partial charge < -0.3 is 4.74 Å². The number of carbonyl (C=O) groups excluding carboxylic acids is 1. The summed E-state index contributed by atoms with van der Waals surface area (Å²) in [7, 11) is -2.21. The molecule has 7 heteroatoms. The summed E-state index contributed by atoms with van der Waals surface area (Å²) in [6, 6.07) is 6.24. The number of rotatable bonds is 4. The minimum absolute atomic E-state index is 0.0756. The van der Waals surface area contributed by atoms with E-state index in [0.29, 0.717) is 12.2 Å². The molecule has 0 radical (unpaired) electrons. The van der Waals surface area contributed by atoms with Crippen LogP contribution in [0.15, 0.2) is 29.2 Å². The van der Waals surface area contributed by atoms with Crippen LogP contribution in [-0.4, -0.2) is 38.5 Å². The average Bonchev–Trinajstić information content (AvgIpc) is 2.55. The minimum atomic E-state index is -3.48. The topological polar surface area (TPSA) is 75.7 Å². The smallest absolute Gasteiger partial charge is 0.411 e. The van der Waals surface area contributed by atoms with Gasteiger partial charge in [-0.1, -0.05) is 13.3 Å². The Hall–Kier alpha value is -1.60. The van der Waals surface area contributed by atoms with Crippen LogP contribution in [0.1, 0.15) is 32.6 Å². The molecule has 0 aliphatic carbocycles. The lowest BCUT2D eigenvalue weighted by Crippen LogP contribution is -2.43. The van der Waals surface area contributed by atoms with Crippen molar-refractivity contribution < 1.29 is 17.9 Å². The Labute approximate surface area is 131 Å². The first-order valence-electron chi connectivity index (χ1n) is 7.46. The van der Waals surface area contributed by atoms with E-state index in [4.69, 9.17) is 0 Å². The molecule has 1 atom stereocenters. The molecule has 6 nitrogen and oxygen atoms in total. The van der Waals surface area contributed by atoms with Crippen molar-refractivity contribution in [1.82, 2.24) is 4.31 Å². The van der Waals surface area contributed by atoms with Crippen molar-refractivity contribution in [2.75, 3.05) is 19.0 Å². The van der Waals surface area contributed by atoms with Gasteiger partial charge >= 0.3 is 6.09 Å². The molecule has 1 aliphatic rings. The number of carbonyl (C=O) groups is 1. The Morgan fingerprint density at radius 1 is 1.32 bits per heavy atom. The Kier molecular flexibility index (Phi) is 5.42. The molecule has 122 valence electrons. The number of hydrogen-bond acceptors (Lipinski definition) is 4. The monoisotopic (exact) mass is 326 g/mol. The second-order valence-electron chi connectivity index (χ2n) is 5.31. The van der Waals surface area contributed by atoms with E-state index >= 15 is 0 Å². The Morgan fingerprint density at radius 2 is 2.00 bits per heavy atom. The van der Waals surface area contributed by atoms with Crippen LogP contribution in [0, 0.1) is 0 Å². The maximum absolute atomic E-state index is 12.8. The average molecular weight is 326 g/mol. The van der Waals surface area contributed by atoms with Gasteiger partial charge in [0.25, 0.3) is 0 Å². The quantitative estimate of drug-likeness (QED) is 0.923. The zero-order valence-corrected chi connectivity index (χ0v) is 13.7. The van der Waals surface area contributed by atoms with E-state index in [0.717, 1.165) is 25.7 Å². The molecular formula is C15H22N2O4S. The zero-order valence-electron chi connectivity index (χ0n) is 12.9. The van der Waals surface area contributed by atoms with E-state index in [1.54, 1.807) is 16.4 Å². The van der Waals surface area contributed by atoms with Gasteiger partial charge in [-0.15, -0.1) is 0 Å². The molecule has 1 aliphatic heterocycles. The van der Waals surface area contributed by atoms with Crippen molar-refractivity contribution in [1.29, 1.82) is 0 Å². The number of ether oxygens (including phenoxy) is 1. The predicted octanol–water partition coefficient (Wildman–Crippen LogP) is 2.82. The first kappa shape index (κ1) is 16.8. The van der Waals surface area contributed by atoms with Gasteiger partial charge in [-0.2, -0.15) is 4.31 Å². The third-order valence-electron chi connectivity index (χ3n) is 3.94. The number of anilines is 1. The van der Waals surface area contributed by atoms with E-state index in [2.05, 4.69) is 10.1 Å². The lowest BCUT2D eigenvalue weighted by atomic mass is 10.0. The summed E-state index contributed by atoms with van der Waals surface area (Å²) in [4.78, 5) is 11.4. The lowest BCUT2D eigenvalue weighted by molar-refractivity contribution is 0.187. The van der Waals surface area contributed by atoms with Gasteiger partial charge in [0.1, 0.15) is 0 Å². The normalized spacial score (nSPS) is 19.6. The molecule has 2 rings (SSSR count). The number of benzene rings is 1. The largest absolute Gasteiger partial charge is 0.453 e. The molecule has 1 saturated heterocycles. The lowest BCUT2D eigenvalue weighted by Gasteiger charge is -2.34. The van der Waals surface area contributed by atoms with Crippen molar-refractivity contribution in [3.8, 4) is 0 Å². The third-order valence-corrected chi connectivity index (χ3v) is 5.90. The highest BCUT2D eigenvalue weighted by Crippen LogP contribution is 2.27. The van der Waals surface area contributed by atoms with E-state index in [-0.39, 0.29) is 10.9 Å². The summed E-state index contributed by atoms with van der Waals surface area (Å²) in [5.74, 6) is 0. The first-order chi connectivity index (χ1) is 10.5. The van der Waals surface area contributed by atoms with Crippen LogP contribution in [0.3, 0.4) is 0 Å². The van der Waals surface area contributed by atoms with Gasteiger partial charge in [0.2, 0.25) is 10.0 Å². The van der Waals surface area contributed by atoms with Crippen LogP contribution < -0.4 is 5.32 Å². The maximum Gasteiger partial charge on any atom is 0.411 e. The maximum atomic E-state index is 12.8. The molecule has 0 bridgehead atoms. The molecular weight excluding hydrogens is 304 g/mol. The molecule has 1 aromatic carbocycles. The second-order valence-corrected chi connectivity index (χ2v) is 7.21. The number of methoxy groups -OCH3 is 1. The highest BCUT2D eigenvalue weighted by Gasteiger charge is 2.32. The molecule has 1 aromatic rings. The highest BCUT2D eigenvalue weighted by atomic mass is 32.2. The van der Waals surface area contributed by atoms with Crippen LogP contribution in [0.5, 0.6) is 0 Å². The van der Waals surface area contributed by atoms with Gasteiger partial charge in [0.15, 0.2) is 0 Å². The fourth-order valence-electron chi connectivity index (χ4n) is 2.71. The summed E-state index contributed by atoms with van der Waals surface area (Å²) in [6.45, 7) is 2.59. The minimum Gasteiger partial charge on any atom is -0.453 e. The number of amides is 1. The standard InChI is InChI=1S/C15H22N2O4S/c1-3-13-6-4-5-11-17(13)22(19,20)14-9-7-12(8-10-14)16-15(18)21-2/h7-10,13H,3-6,11H2,1-2H3,(H,16,18)/t13-/m0/s1. The van der Waals surface area contributed by atoms with Crippen LogP contribution >= 0.6 is 0 Å². The van der Waals surface area contributed by atoms with E-state index in [9.17, 15) is 13.2 Å². The van der Waals surface area contributed by atoms with E-state index < -0.39 is 16.1 Å². The Morgan fingerprint density at radius 3 is 2.59 bits per heavy atom. The predicted molar refractivity (Wildman–Crippen MR) is 84.3 cm³/mol. The van der Waals surface area contributed by atoms with Crippen molar-refractivity contribution in [2.24, 2.45) is 0 Å². The van der Waals surface area contributed by atoms with Crippen molar-refractivity contribution >= 4 is 21.8 Å². The molecule has 0 saturated carbocycles. The van der Waals surface area contributed by atoms with Gasteiger partial charge in [-0.3, -0.25) is 5.32 Å². The second kappa shape index (κ2) is 7.11. The SMILES string of the molecule is CC[C@H]1CCCCN1S(=O)(=O)c1ccc(NC(=O)OC)cc1. The molecule has 0 unspecified atom stereocenters. The van der Waals surface area contributed by atoms with E-state index in [1.165, 1.54) is 19.2 Å². The number of nitrogens with one attached hydrogen (secondary N) is 1. The van der Waals surface area contributed by atoms with Crippen LogP contribution in [-0.2, 0) is 14.8 Å². The zero-order chi connectivity index (χ0) is 16.2. The number of hydrogen-bond donors (Lipinski definition) is 1. The van der Waals surface area contributed by atoms with Crippen LogP contribution in [0.25, 0.3) is 0 Å². The Balaban J connectivity index is 2.20. The van der Waals surface area contributed by atoms with Crippen molar-refractivity contribution in [3.05, 3.63) is 24.3 Å². The summed E-state index contributed by atoms with van der Waals surface area (Å²) in [6.07, 6.45) is 3.13. The van der Waals surface area contributed by atoms with Crippen molar-refractivity contribution in [3.63, 3.8) is 0 Å². The fraction of sp³-hybridized carbons (Fsp3) is 0.533. The summed E-state index contributed by atoms with van der Waals surface area (Å²) < 4.78 is 31.6. The van der Waals surface area contributed by atoms with Gasteiger partial charge in [-0.05, 0) is 43.5 Å².